The van der Waals surface area contributed by atoms with Crippen molar-refractivity contribution in [2.45, 2.75) is 33.2 Å². The molecule has 0 atom stereocenters. The van der Waals surface area contributed by atoms with Crippen LogP contribution < -0.4 is 15.4 Å². The highest BCUT2D eigenvalue weighted by atomic mass is 16.5. The Morgan fingerprint density at radius 1 is 1.00 bits per heavy atom. The molecule has 0 saturated carbocycles. The van der Waals surface area contributed by atoms with Crippen molar-refractivity contribution in [2.75, 3.05) is 26.2 Å². The van der Waals surface area contributed by atoms with Crippen molar-refractivity contribution in [2.24, 2.45) is 0 Å². The normalized spacial score (nSPS) is 10.6. The zero-order chi connectivity index (χ0) is 13.1. The molecule has 2 N–H and O–H groups in total. The van der Waals surface area contributed by atoms with E-state index >= 15 is 0 Å². The predicted molar refractivity (Wildman–Crippen MR) is 77.1 cm³/mol. The molecule has 0 bridgehead atoms. The molecule has 1 aromatic carbocycles. The Labute approximate surface area is 111 Å². The first-order valence-corrected chi connectivity index (χ1v) is 7.00. The van der Waals surface area contributed by atoms with Crippen LogP contribution in [0.3, 0.4) is 0 Å². The van der Waals surface area contributed by atoms with Crippen molar-refractivity contribution >= 4 is 0 Å². The van der Waals surface area contributed by atoms with Gasteiger partial charge < -0.3 is 15.4 Å². The van der Waals surface area contributed by atoms with Crippen LogP contribution in [0.4, 0.5) is 0 Å². The lowest BCUT2D eigenvalue weighted by Crippen LogP contribution is -2.27. The summed E-state index contributed by atoms with van der Waals surface area (Å²) in [5.41, 5.74) is 1.28. The number of ether oxygens (including phenoxy) is 1. The summed E-state index contributed by atoms with van der Waals surface area (Å²) in [6, 6.07) is 8.31. The van der Waals surface area contributed by atoms with Crippen LogP contribution in [0, 0.1) is 0 Å². The molecule has 0 fully saturated rings. The van der Waals surface area contributed by atoms with Gasteiger partial charge >= 0.3 is 0 Å². The number of hydrogen-bond acceptors (Lipinski definition) is 3. The van der Waals surface area contributed by atoms with Crippen molar-refractivity contribution in [3.8, 4) is 5.75 Å². The van der Waals surface area contributed by atoms with Crippen molar-refractivity contribution in [1.29, 1.82) is 0 Å². The van der Waals surface area contributed by atoms with E-state index in [1.54, 1.807) is 0 Å². The summed E-state index contributed by atoms with van der Waals surface area (Å²) in [6.45, 7) is 9.12. The summed E-state index contributed by atoms with van der Waals surface area (Å²) in [5, 5.41) is 6.80. The second-order valence-electron chi connectivity index (χ2n) is 4.42. The minimum absolute atomic E-state index is 0.790. The van der Waals surface area contributed by atoms with Gasteiger partial charge in [0.1, 0.15) is 5.75 Å². The van der Waals surface area contributed by atoms with Crippen molar-refractivity contribution in [3.05, 3.63) is 29.8 Å². The maximum absolute atomic E-state index is 5.62. The van der Waals surface area contributed by atoms with E-state index in [0.29, 0.717) is 0 Å². The van der Waals surface area contributed by atoms with Crippen molar-refractivity contribution in [3.63, 3.8) is 0 Å². The van der Waals surface area contributed by atoms with Crippen LogP contribution in [0.5, 0.6) is 5.75 Å². The standard InChI is InChI=1S/C15H26N2O/c1-3-8-16-9-10-17-13-14-6-5-7-15(12-14)18-11-4-2/h5-7,12,16-17H,3-4,8-11,13H2,1-2H3. The van der Waals surface area contributed by atoms with Crippen LogP contribution >= 0.6 is 0 Å². The highest BCUT2D eigenvalue weighted by molar-refractivity contribution is 5.28. The molecule has 102 valence electrons. The van der Waals surface area contributed by atoms with Gasteiger partial charge in [-0.3, -0.25) is 0 Å². The van der Waals surface area contributed by atoms with Gasteiger partial charge in [0.2, 0.25) is 0 Å². The zero-order valence-corrected chi connectivity index (χ0v) is 11.7. The maximum Gasteiger partial charge on any atom is 0.119 e. The quantitative estimate of drug-likeness (QED) is 0.626. The van der Waals surface area contributed by atoms with Gasteiger partial charge in [-0.1, -0.05) is 26.0 Å². The van der Waals surface area contributed by atoms with Gasteiger partial charge in [-0.05, 0) is 37.1 Å². The fraction of sp³-hybridized carbons (Fsp3) is 0.600. The van der Waals surface area contributed by atoms with Gasteiger partial charge in [-0.15, -0.1) is 0 Å². The Kier molecular flexibility index (Phi) is 8.26. The summed E-state index contributed by atoms with van der Waals surface area (Å²) in [4.78, 5) is 0. The smallest absolute Gasteiger partial charge is 0.119 e. The summed E-state index contributed by atoms with van der Waals surface area (Å²) >= 11 is 0. The monoisotopic (exact) mass is 250 g/mol. The molecule has 1 rings (SSSR count). The molecule has 0 saturated heterocycles. The van der Waals surface area contributed by atoms with Crippen LogP contribution in [0.1, 0.15) is 32.3 Å². The molecule has 0 aliphatic carbocycles. The van der Waals surface area contributed by atoms with Gasteiger partial charge in [0.15, 0.2) is 0 Å². The second kappa shape index (κ2) is 9.92. The van der Waals surface area contributed by atoms with E-state index < -0.39 is 0 Å². The fourth-order valence-electron chi connectivity index (χ4n) is 1.68. The fourth-order valence-corrected chi connectivity index (χ4v) is 1.68. The van der Waals surface area contributed by atoms with E-state index in [-0.39, 0.29) is 0 Å². The Hall–Kier alpha value is -1.06. The third-order valence-corrected chi connectivity index (χ3v) is 2.61. The van der Waals surface area contributed by atoms with E-state index in [4.69, 9.17) is 4.74 Å². The van der Waals surface area contributed by atoms with Crippen LogP contribution in [-0.4, -0.2) is 26.2 Å². The average molecular weight is 250 g/mol. The third kappa shape index (κ3) is 6.62. The number of benzene rings is 1. The van der Waals surface area contributed by atoms with Gasteiger partial charge in [0, 0.05) is 19.6 Å². The summed E-state index contributed by atoms with van der Waals surface area (Å²) in [6.07, 6.45) is 2.24. The Bertz CT molecular complexity index is 315. The Morgan fingerprint density at radius 3 is 2.61 bits per heavy atom. The number of hydrogen-bond donors (Lipinski definition) is 2. The van der Waals surface area contributed by atoms with Gasteiger partial charge in [-0.2, -0.15) is 0 Å². The van der Waals surface area contributed by atoms with E-state index in [1.165, 1.54) is 12.0 Å². The molecule has 0 aliphatic heterocycles. The Balaban J connectivity index is 2.20. The van der Waals surface area contributed by atoms with Crippen molar-refractivity contribution in [1.82, 2.24) is 10.6 Å². The molecule has 18 heavy (non-hydrogen) atoms. The van der Waals surface area contributed by atoms with E-state index in [2.05, 4.69) is 42.7 Å². The SMILES string of the molecule is CCCNCCNCc1cccc(OCCC)c1. The summed E-state index contributed by atoms with van der Waals surface area (Å²) in [5.74, 6) is 0.972. The predicted octanol–water partition coefficient (Wildman–Crippen LogP) is 2.56. The van der Waals surface area contributed by atoms with Gasteiger partial charge in [0.25, 0.3) is 0 Å². The molecule has 1 aromatic rings. The second-order valence-corrected chi connectivity index (χ2v) is 4.42. The lowest BCUT2D eigenvalue weighted by Gasteiger charge is -2.08. The number of rotatable bonds is 10. The number of nitrogens with one attached hydrogen (secondary N) is 2. The highest BCUT2D eigenvalue weighted by Crippen LogP contribution is 2.13. The van der Waals surface area contributed by atoms with E-state index in [1.807, 2.05) is 6.07 Å². The van der Waals surface area contributed by atoms with Crippen LogP contribution in [0.15, 0.2) is 24.3 Å². The average Bonchev–Trinajstić information content (AvgIpc) is 2.41. The molecule has 0 unspecified atom stereocenters. The summed E-state index contributed by atoms with van der Waals surface area (Å²) < 4.78 is 5.62. The van der Waals surface area contributed by atoms with E-state index in [9.17, 15) is 0 Å². The minimum Gasteiger partial charge on any atom is -0.494 e. The molecule has 3 heteroatoms. The third-order valence-electron chi connectivity index (χ3n) is 2.61. The first kappa shape index (κ1) is 15.0. The molecular formula is C15H26N2O. The summed E-state index contributed by atoms with van der Waals surface area (Å²) in [7, 11) is 0. The Morgan fingerprint density at radius 2 is 1.83 bits per heavy atom. The van der Waals surface area contributed by atoms with E-state index in [0.717, 1.165) is 45.0 Å². The van der Waals surface area contributed by atoms with Gasteiger partial charge in [-0.25, -0.2) is 0 Å². The molecule has 0 amide bonds. The maximum atomic E-state index is 5.62. The van der Waals surface area contributed by atoms with Crippen molar-refractivity contribution < 1.29 is 4.74 Å². The zero-order valence-electron chi connectivity index (χ0n) is 11.7. The lowest BCUT2D eigenvalue weighted by atomic mass is 10.2. The van der Waals surface area contributed by atoms with Gasteiger partial charge in [0.05, 0.1) is 6.61 Å². The molecule has 0 aliphatic rings. The lowest BCUT2D eigenvalue weighted by molar-refractivity contribution is 0.317. The first-order chi connectivity index (χ1) is 8.86. The molecule has 0 heterocycles. The largest absolute Gasteiger partial charge is 0.494 e. The molecule has 3 nitrogen and oxygen atoms in total. The van der Waals surface area contributed by atoms with Crippen LogP contribution in [-0.2, 0) is 6.54 Å². The topological polar surface area (TPSA) is 33.3 Å². The highest BCUT2D eigenvalue weighted by Gasteiger charge is 1.96. The molecule has 0 spiro atoms. The van der Waals surface area contributed by atoms with Crippen LogP contribution in [0.25, 0.3) is 0 Å². The molecule has 0 aromatic heterocycles. The molecule has 0 radical (unpaired) electrons. The minimum atomic E-state index is 0.790. The van der Waals surface area contributed by atoms with Crippen LogP contribution in [0.2, 0.25) is 0 Å². The first-order valence-electron chi connectivity index (χ1n) is 7.00. The molecular weight excluding hydrogens is 224 g/mol.